The molecule has 1 aromatic carbocycles. The number of aromatic nitrogens is 4. The van der Waals surface area contributed by atoms with Gasteiger partial charge in [-0.2, -0.15) is 5.10 Å². The molecule has 21 heavy (non-hydrogen) atoms. The lowest BCUT2D eigenvalue weighted by Crippen LogP contribution is -2.00. The molecule has 8 heteroatoms. The number of pyridine rings is 1. The smallest absolute Gasteiger partial charge is 0.200 e. The highest BCUT2D eigenvalue weighted by Gasteiger charge is 2.17. The van der Waals surface area contributed by atoms with Crippen LogP contribution in [-0.2, 0) is 0 Å². The van der Waals surface area contributed by atoms with Gasteiger partial charge < -0.3 is 0 Å². The van der Waals surface area contributed by atoms with Gasteiger partial charge in [0.05, 0.1) is 10.7 Å². The Hall–Kier alpha value is -1.57. The molecule has 0 radical (unpaired) electrons. The van der Waals surface area contributed by atoms with E-state index in [0.29, 0.717) is 20.8 Å². The maximum atomic E-state index is 13.4. The number of H-pyrrole nitrogens is 1. The third-order valence-electron chi connectivity index (χ3n) is 2.82. The fourth-order valence-corrected chi connectivity index (χ4v) is 3.18. The first-order valence-corrected chi connectivity index (χ1v) is 7.38. The number of rotatable bonds is 2. The molecule has 0 saturated heterocycles. The third kappa shape index (κ3) is 2.64. The van der Waals surface area contributed by atoms with E-state index in [0.717, 1.165) is 5.56 Å². The predicted octanol–water partition coefficient (Wildman–Crippen LogP) is 4.55. The van der Waals surface area contributed by atoms with E-state index < -0.39 is 5.82 Å². The Balaban J connectivity index is 2.30. The van der Waals surface area contributed by atoms with Gasteiger partial charge >= 0.3 is 0 Å². The van der Waals surface area contributed by atoms with E-state index in [2.05, 4.69) is 31.1 Å². The van der Waals surface area contributed by atoms with E-state index >= 15 is 0 Å². The maximum Gasteiger partial charge on any atom is 0.200 e. The molecule has 0 spiro atoms. The second-order valence-electron chi connectivity index (χ2n) is 4.14. The summed E-state index contributed by atoms with van der Waals surface area (Å²) >= 11 is 14.7. The Morgan fingerprint density at radius 3 is 2.67 bits per heavy atom. The number of hydrogen-bond donors (Lipinski definition) is 1. The molecule has 2 heterocycles. The third-order valence-corrected chi connectivity index (χ3v) is 3.98. The summed E-state index contributed by atoms with van der Waals surface area (Å²) < 4.78 is 15.9. The van der Waals surface area contributed by atoms with E-state index in [-0.39, 0.29) is 5.02 Å². The molecule has 106 valence electrons. The van der Waals surface area contributed by atoms with Crippen molar-refractivity contribution in [2.24, 2.45) is 0 Å². The van der Waals surface area contributed by atoms with Gasteiger partial charge in [0.2, 0.25) is 0 Å². The standard InChI is InChI=1S/C13H7BrClFN4S/c14-9-5-8(16)6-10(15)11(9)20-12(18-19-13(20)21)7-1-3-17-4-2-7/h1-6H,(H,19,21). The van der Waals surface area contributed by atoms with Crippen molar-refractivity contribution in [3.8, 4) is 17.1 Å². The van der Waals surface area contributed by atoms with Gasteiger partial charge in [-0.1, -0.05) is 11.6 Å². The SMILES string of the molecule is Fc1cc(Cl)c(-n2c(-c3ccncc3)n[nH]c2=S)c(Br)c1. The van der Waals surface area contributed by atoms with Gasteiger partial charge in [0, 0.05) is 22.4 Å². The number of nitrogens with zero attached hydrogens (tertiary/aromatic N) is 3. The lowest BCUT2D eigenvalue weighted by Gasteiger charge is -2.11. The first kappa shape index (κ1) is 14.4. The average molecular weight is 386 g/mol. The zero-order chi connectivity index (χ0) is 15.0. The fourth-order valence-electron chi connectivity index (χ4n) is 1.95. The molecule has 1 N–H and O–H groups in total. The largest absolute Gasteiger partial charge is 0.265 e. The highest BCUT2D eigenvalue weighted by atomic mass is 79.9. The summed E-state index contributed by atoms with van der Waals surface area (Å²) in [5.74, 6) is 0.132. The quantitative estimate of drug-likeness (QED) is 0.658. The van der Waals surface area contributed by atoms with Crippen LogP contribution in [-0.4, -0.2) is 19.7 Å². The summed E-state index contributed by atoms with van der Waals surface area (Å²) in [7, 11) is 0. The van der Waals surface area contributed by atoms with Gasteiger partial charge in [0.15, 0.2) is 10.6 Å². The molecule has 3 aromatic rings. The van der Waals surface area contributed by atoms with E-state index in [4.69, 9.17) is 23.8 Å². The fraction of sp³-hybridized carbons (Fsp3) is 0. The van der Waals surface area contributed by atoms with Crippen LogP contribution in [0.5, 0.6) is 0 Å². The van der Waals surface area contributed by atoms with Crippen molar-refractivity contribution in [3.63, 3.8) is 0 Å². The molecule has 0 amide bonds. The van der Waals surface area contributed by atoms with E-state index in [1.165, 1.54) is 12.1 Å². The molecule has 2 aromatic heterocycles. The van der Waals surface area contributed by atoms with Crippen LogP contribution in [0, 0.1) is 10.6 Å². The van der Waals surface area contributed by atoms with Gasteiger partial charge in [-0.15, -0.1) is 0 Å². The van der Waals surface area contributed by atoms with Crippen LogP contribution < -0.4 is 0 Å². The van der Waals surface area contributed by atoms with Gasteiger partial charge in [-0.3, -0.25) is 14.6 Å². The second-order valence-corrected chi connectivity index (χ2v) is 5.79. The van der Waals surface area contributed by atoms with Crippen molar-refractivity contribution < 1.29 is 4.39 Å². The lowest BCUT2D eigenvalue weighted by molar-refractivity contribution is 0.626. The average Bonchev–Trinajstić information content (AvgIpc) is 2.81. The molecule has 0 aliphatic heterocycles. The molecule has 0 unspecified atom stereocenters. The highest BCUT2D eigenvalue weighted by molar-refractivity contribution is 9.10. The van der Waals surface area contributed by atoms with Crippen LogP contribution >= 0.6 is 39.7 Å². The van der Waals surface area contributed by atoms with Crippen molar-refractivity contribution in [2.45, 2.75) is 0 Å². The molecule has 0 aliphatic rings. The summed E-state index contributed by atoms with van der Waals surface area (Å²) in [5, 5.41) is 7.17. The Bertz CT molecular complexity index is 839. The molecule has 0 saturated carbocycles. The molecule has 0 bridgehead atoms. The summed E-state index contributed by atoms with van der Waals surface area (Å²) in [6.07, 6.45) is 3.30. The predicted molar refractivity (Wildman–Crippen MR) is 84.6 cm³/mol. The molecule has 0 aliphatic carbocycles. The minimum absolute atomic E-state index is 0.231. The van der Waals surface area contributed by atoms with E-state index in [9.17, 15) is 4.39 Å². The minimum atomic E-state index is -0.434. The molecule has 4 nitrogen and oxygen atoms in total. The Labute approximate surface area is 137 Å². The first-order valence-electron chi connectivity index (χ1n) is 5.80. The van der Waals surface area contributed by atoms with E-state index in [1.807, 2.05) is 0 Å². The minimum Gasteiger partial charge on any atom is -0.265 e. The van der Waals surface area contributed by atoms with Crippen molar-refractivity contribution in [2.75, 3.05) is 0 Å². The van der Waals surface area contributed by atoms with Crippen LogP contribution in [0.15, 0.2) is 41.1 Å². The normalized spacial score (nSPS) is 10.8. The lowest BCUT2D eigenvalue weighted by atomic mass is 10.2. The Kier molecular flexibility index (Phi) is 3.88. The van der Waals surface area contributed by atoms with Crippen LogP contribution in [0.25, 0.3) is 17.1 Å². The maximum absolute atomic E-state index is 13.4. The van der Waals surface area contributed by atoms with Crippen LogP contribution in [0.1, 0.15) is 0 Å². The van der Waals surface area contributed by atoms with Crippen molar-refractivity contribution >= 4 is 39.7 Å². The van der Waals surface area contributed by atoms with Crippen molar-refractivity contribution in [1.29, 1.82) is 0 Å². The second kappa shape index (κ2) is 5.67. The Morgan fingerprint density at radius 2 is 2.00 bits per heavy atom. The van der Waals surface area contributed by atoms with Crippen LogP contribution in [0.2, 0.25) is 5.02 Å². The van der Waals surface area contributed by atoms with E-state index in [1.54, 1.807) is 29.1 Å². The summed E-state index contributed by atoms with van der Waals surface area (Å²) in [6, 6.07) is 6.15. The summed E-state index contributed by atoms with van der Waals surface area (Å²) in [6.45, 7) is 0. The number of aromatic amines is 1. The summed E-state index contributed by atoms with van der Waals surface area (Å²) in [5.41, 5.74) is 1.34. The molecular formula is C13H7BrClFN4S. The topological polar surface area (TPSA) is 46.5 Å². The highest BCUT2D eigenvalue weighted by Crippen LogP contribution is 2.33. The zero-order valence-corrected chi connectivity index (χ0v) is 13.5. The molecule has 3 rings (SSSR count). The molecule has 0 atom stereocenters. The van der Waals surface area contributed by atoms with Crippen LogP contribution in [0.3, 0.4) is 0 Å². The zero-order valence-electron chi connectivity index (χ0n) is 10.3. The first-order chi connectivity index (χ1) is 10.1. The van der Waals surface area contributed by atoms with Crippen LogP contribution in [0.4, 0.5) is 4.39 Å². The van der Waals surface area contributed by atoms with Gasteiger partial charge in [0.25, 0.3) is 0 Å². The Morgan fingerprint density at radius 1 is 1.29 bits per heavy atom. The van der Waals surface area contributed by atoms with Gasteiger partial charge in [-0.05, 0) is 52.4 Å². The molecule has 0 fully saturated rings. The van der Waals surface area contributed by atoms with Crippen molar-refractivity contribution in [1.82, 2.24) is 19.7 Å². The summed E-state index contributed by atoms with van der Waals surface area (Å²) in [4.78, 5) is 3.97. The van der Waals surface area contributed by atoms with Crippen molar-refractivity contribution in [3.05, 3.63) is 56.7 Å². The monoisotopic (exact) mass is 384 g/mol. The van der Waals surface area contributed by atoms with Gasteiger partial charge in [0.1, 0.15) is 5.82 Å². The number of halogens is 3. The molecular weight excluding hydrogens is 379 g/mol. The number of nitrogens with one attached hydrogen (secondary N) is 1. The van der Waals surface area contributed by atoms with Gasteiger partial charge in [-0.25, -0.2) is 4.39 Å². The number of hydrogen-bond acceptors (Lipinski definition) is 3. The number of benzene rings is 1.